The fraction of sp³-hybridized carbons (Fsp3) is 0.333. The van der Waals surface area contributed by atoms with Crippen molar-refractivity contribution in [3.8, 4) is 11.5 Å². The average Bonchev–Trinajstić information content (AvgIpc) is 3.01. The standard InChI is InChI=1S/C18H20N6O/c1-2-6-15(7-3-1)18-20-16(22-25-18)14-23-10-5-11-24(13-12-23)17-8-4-9-19-21-17/h1-4,6-9H,5,10-14H2. The number of nitrogens with zero attached hydrogens (tertiary/aromatic N) is 6. The second kappa shape index (κ2) is 7.40. The molecule has 0 aliphatic carbocycles. The Labute approximate surface area is 146 Å². The molecule has 0 N–H and O–H groups in total. The fourth-order valence-corrected chi connectivity index (χ4v) is 3.04. The van der Waals surface area contributed by atoms with Crippen molar-refractivity contribution in [1.82, 2.24) is 25.2 Å². The molecule has 4 rings (SSSR count). The molecule has 0 saturated carbocycles. The number of rotatable bonds is 4. The van der Waals surface area contributed by atoms with Crippen molar-refractivity contribution in [2.45, 2.75) is 13.0 Å². The smallest absolute Gasteiger partial charge is 0.257 e. The fourth-order valence-electron chi connectivity index (χ4n) is 3.04. The molecule has 3 heterocycles. The highest BCUT2D eigenvalue weighted by molar-refractivity contribution is 5.51. The Hall–Kier alpha value is -2.80. The zero-order valence-electron chi connectivity index (χ0n) is 14.0. The Morgan fingerprint density at radius 3 is 2.72 bits per heavy atom. The first kappa shape index (κ1) is 15.7. The number of aromatic nitrogens is 4. The van der Waals surface area contributed by atoms with Crippen LogP contribution in [0, 0.1) is 0 Å². The maximum Gasteiger partial charge on any atom is 0.257 e. The summed E-state index contributed by atoms with van der Waals surface area (Å²) in [7, 11) is 0. The lowest BCUT2D eigenvalue weighted by Gasteiger charge is -2.21. The van der Waals surface area contributed by atoms with Crippen molar-refractivity contribution < 1.29 is 4.52 Å². The van der Waals surface area contributed by atoms with Gasteiger partial charge in [-0.1, -0.05) is 23.4 Å². The topological polar surface area (TPSA) is 71.2 Å². The van der Waals surface area contributed by atoms with Crippen molar-refractivity contribution in [2.75, 3.05) is 31.1 Å². The lowest BCUT2D eigenvalue weighted by molar-refractivity contribution is 0.272. The van der Waals surface area contributed by atoms with Gasteiger partial charge in [0, 0.05) is 37.9 Å². The van der Waals surface area contributed by atoms with E-state index in [0.717, 1.165) is 49.8 Å². The van der Waals surface area contributed by atoms with Gasteiger partial charge in [-0.15, -0.1) is 5.10 Å². The SMILES string of the molecule is c1ccc(-c2nc(CN3CCCN(c4cccnn4)CC3)no2)cc1. The van der Waals surface area contributed by atoms with Crippen LogP contribution in [0.15, 0.2) is 53.2 Å². The zero-order valence-corrected chi connectivity index (χ0v) is 14.0. The number of hydrogen-bond donors (Lipinski definition) is 0. The van der Waals surface area contributed by atoms with Gasteiger partial charge in [-0.25, -0.2) is 0 Å². The highest BCUT2D eigenvalue weighted by atomic mass is 16.5. The Balaban J connectivity index is 1.38. The summed E-state index contributed by atoms with van der Waals surface area (Å²) in [5, 5.41) is 12.3. The second-order valence-corrected chi connectivity index (χ2v) is 6.08. The van der Waals surface area contributed by atoms with Gasteiger partial charge >= 0.3 is 0 Å². The van der Waals surface area contributed by atoms with Crippen LogP contribution < -0.4 is 4.90 Å². The van der Waals surface area contributed by atoms with Crippen LogP contribution in [0.3, 0.4) is 0 Å². The minimum absolute atomic E-state index is 0.576. The molecule has 1 aromatic carbocycles. The van der Waals surface area contributed by atoms with E-state index in [1.54, 1.807) is 6.20 Å². The molecule has 128 valence electrons. The molecule has 1 aliphatic heterocycles. The maximum absolute atomic E-state index is 5.40. The van der Waals surface area contributed by atoms with Gasteiger partial charge in [-0.05, 0) is 30.7 Å². The minimum atomic E-state index is 0.576. The zero-order chi connectivity index (χ0) is 16.9. The first-order valence-corrected chi connectivity index (χ1v) is 8.51. The Morgan fingerprint density at radius 1 is 0.960 bits per heavy atom. The molecule has 0 bridgehead atoms. The van der Waals surface area contributed by atoms with E-state index in [9.17, 15) is 0 Å². The molecule has 0 radical (unpaired) electrons. The van der Waals surface area contributed by atoms with E-state index in [1.807, 2.05) is 42.5 Å². The molecule has 1 fully saturated rings. The van der Waals surface area contributed by atoms with Crippen molar-refractivity contribution in [3.05, 3.63) is 54.5 Å². The third-order valence-corrected chi connectivity index (χ3v) is 4.32. The van der Waals surface area contributed by atoms with E-state index in [2.05, 4.69) is 30.1 Å². The molecule has 1 saturated heterocycles. The first-order chi connectivity index (χ1) is 12.4. The first-order valence-electron chi connectivity index (χ1n) is 8.51. The quantitative estimate of drug-likeness (QED) is 0.723. The second-order valence-electron chi connectivity index (χ2n) is 6.08. The highest BCUT2D eigenvalue weighted by Crippen LogP contribution is 2.17. The van der Waals surface area contributed by atoms with Crippen LogP contribution in [0.5, 0.6) is 0 Å². The number of benzene rings is 1. The van der Waals surface area contributed by atoms with Crippen LogP contribution in [0.4, 0.5) is 5.82 Å². The van der Waals surface area contributed by atoms with Gasteiger partial charge in [0.25, 0.3) is 5.89 Å². The molecule has 2 aromatic heterocycles. The summed E-state index contributed by atoms with van der Waals surface area (Å²) < 4.78 is 5.40. The van der Waals surface area contributed by atoms with E-state index in [1.165, 1.54) is 0 Å². The molecule has 1 aliphatic rings. The van der Waals surface area contributed by atoms with Crippen LogP contribution in [-0.2, 0) is 6.54 Å². The van der Waals surface area contributed by atoms with Gasteiger partial charge in [0.2, 0.25) is 0 Å². The molecular weight excluding hydrogens is 316 g/mol. The van der Waals surface area contributed by atoms with Crippen LogP contribution >= 0.6 is 0 Å². The van der Waals surface area contributed by atoms with Crippen molar-refractivity contribution >= 4 is 5.82 Å². The summed E-state index contributed by atoms with van der Waals surface area (Å²) in [5.41, 5.74) is 0.950. The van der Waals surface area contributed by atoms with Crippen molar-refractivity contribution in [2.24, 2.45) is 0 Å². The third-order valence-electron chi connectivity index (χ3n) is 4.32. The summed E-state index contributed by atoms with van der Waals surface area (Å²) in [5.74, 6) is 2.24. The number of hydrogen-bond acceptors (Lipinski definition) is 7. The lowest BCUT2D eigenvalue weighted by Crippen LogP contribution is -2.31. The lowest BCUT2D eigenvalue weighted by atomic mass is 10.2. The van der Waals surface area contributed by atoms with Crippen LogP contribution in [0.2, 0.25) is 0 Å². The van der Waals surface area contributed by atoms with Gasteiger partial charge in [0.1, 0.15) is 0 Å². The van der Waals surface area contributed by atoms with Gasteiger partial charge in [-0.3, -0.25) is 4.90 Å². The van der Waals surface area contributed by atoms with Crippen molar-refractivity contribution in [1.29, 1.82) is 0 Å². The van der Waals surface area contributed by atoms with Crippen LogP contribution in [-0.4, -0.2) is 51.4 Å². The summed E-state index contributed by atoms with van der Waals surface area (Å²) in [6, 6.07) is 13.8. The van der Waals surface area contributed by atoms with Gasteiger partial charge in [-0.2, -0.15) is 10.1 Å². The van der Waals surface area contributed by atoms with Gasteiger partial charge in [0.05, 0.1) is 6.54 Å². The summed E-state index contributed by atoms with van der Waals surface area (Å²) in [6.45, 7) is 4.54. The average molecular weight is 336 g/mol. The molecule has 7 nitrogen and oxygen atoms in total. The third kappa shape index (κ3) is 3.83. The van der Waals surface area contributed by atoms with Gasteiger partial charge < -0.3 is 9.42 Å². The normalized spacial score (nSPS) is 15.9. The summed E-state index contributed by atoms with van der Waals surface area (Å²) in [6.07, 6.45) is 2.77. The largest absolute Gasteiger partial charge is 0.354 e. The molecule has 0 spiro atoms. The predicted octanol–water partition coefficient (Wildman–Crippen LogP) is 2.24. The van der Waals surface area contributed by atoms with E-state index in [-0.39, 0.29) is 0 Å². The highest BCUT2D eigenvalue weighted by Gasteiger charge is 2.18. The summed E-state index contributed by atoms with van der Waals surface area (Å²) >= 11 is 0. The van der Waals surface area contributed by atoms with E-state index in [4.69, 9.17) is 4.52 Å². The summed E-state index contributed by atoms with van der Waals surface area (Å²) in [4.78, 5) is 9.16. The molecule has 25 heavy (non-hydrogen) atoms. The van der Waals surface area contributed by atoms with E-state index < -0.39 is 0 Å². The molecule has 0 atom stereocenters. The van der Waals surface area contributed by atoms with Crippen molar-refractivity contribution in [3.63, 3.8) is 0 Å². The van der Waals surface area contributed by atoms with Crippen LogP contribution in [0.25, 0.3) is 11.5 Å². The predicted molar refractivity (Wildman–Crippen MR) is 93.9 cm³/mol. The molecule has 0 amide bonds. The Bertz CT molecular complexity index is 792. The monoisotopic (exact) mass is 336 g/mol. The van der Waals surface area contributed by atoms with E-state index in [0.29, 0.717) is 12.4 Å². The Morgan fingerprint density at radius 2 is 1.88 bits per heavy atom. The molecule has 7 heteroatoms. The van der Waals surface area contributed by atoms with E-state index >= 15 is 0 Å². The van der Waals surface area contributed by atoms with Gasteiger partial charge in [0.15, 0.2) is 11.6 Å². The Kier molecular flexibility index (Phi) is 4.65. The molecular formula is C18H20N6O. The minimum Gasteiger partial charge on any atom is -0.354 e. The molecule has 0 unspecified atom stereocenters. The van der Waals surface area contributed by atoms with Crippen LogP contribution in [0.1, 0.15) is 12.2 Å². The molecule has 3 aromatic rings. The number of anilines is 1. The maximum atomic E-state index is 5.40.